The zero-order valence-corrected chi connectivity index (χ0v) is 8.39. The lowest BCUT2D eigenvalue weighted by Gasteiger charge is -1.98. The van der Waals surface area contributed by atoms with Crippen LogP contribution >= 0.6 is 22.6 Å². The van der Waals surface area contributed by atoms with Gasteiger partial charge in [0.1, 0.15) is 3.57 Å². The van der Waals surface area contributed by atoms with Crippen LogP contribution in [0.4, 0.5) is 5.69 Å². The Morgan fingerprint density at radius 2 is 2.15 bits per heavy atom. The van der Waals surface area contributed by atoms with Crippen LogP contribution in [0, 0.1) is 13.7 Å². The summed E-state index contributed by atoms with van der Waals surface area (Å²) >= 11 is 1.65. The molecule has 0 fully saturated rings. The Labute approximate surface area is 86.7 Å². The molecule has 0 aliphatic carbocycles. The monoisotopic (exact) mass is 293 g/mol. The van der Waals surface area contributed by atoms with Gasteiger partial charge in [-0.05, 0) is 28.7 Å². The number of nitro groups is 1. The number of benzene rings is 1. The molecule has 0 aliphatic rings. The van der Waals surface area contributed by atoms with E-state index in [9.17, 15) is 14.9 Å². The van der Waals surface area contributed by atoms with Crippen LogP contribution in [0.1, 0.15) is 10.4 Å². The lowest BCUT2D eigenvalue weighted by molar-refractivity contribution is -0.385. The van der Waals surface area contributed by atoms with Crippen LogP contribution in [0.5, 0.6) is 0 Å². The number of nitrogens with zero attached hydrogens (tertiary/aromatic N) is 1. The number of nitro benzene ring substituents is 1. The van der Waals surface area contributed by atoms with Crippen molar-refractivity contribution >= 4 is 34.2 Å². The summed E-state index contributed by atoms with van der Waals surface area (Å²) in [5, 5.41) is 19.0. The Balaban J connectivity index is 3.35. The first-order valence-corrected chi connectivity index (χ1v) is 4.28. The number of rotatable bonds is 2. The number of carboxylic acids is 1. The molecule has 0 bridgehead atoms. The molecule has 5 nitrogen and oxygen atoms in total. The fourth-order valence-electron chi connectivity index (χ4n) is 0.826. The lowest BCUT2D eigenvalue weighted by atomic mass is 10.2. The molecule has 0 amide bonds. The minimum absolute atomic E-state index is 0.0465. The van der Waals surface area contributed by atoms with E-state index in [2.05, 4.69) is 0 Å². The van der Waals surface area contributed by atoms with E-state index in [-0.39, 0.29) is 14.8 Å². The molecule has 6 heteroatoms. The topological polar surface area (TPSA) is 80.4 Å². The number of halogens is 1. The van der Waals surface area contributed by atoms with Crippen molar-refractivity contribution in [3.63, 3.8) is 0 Å². The summed E-state index contributed by atoms with van der Waals surface area (Å²) in [5.74, 6) is -1.16. The second kappa shape index (κ2) is 3.69. The van der Waals surface area contributed by atoms with Gasteiger partial charge >= 0.3 is 5.97 Å². The van der Waals surface area contributed by atoms with Crippen molar-refractivity contribution in [2.24, 2.45) is 0 Å². The lowest BCUT2D eigenvalue weighted by Crippen LogP contribution is -2.02. The van der Waals surface area contributed by atoms with Crippen molar-refractivity contribution in [1.29, 1.82) is 0 Å². The van der Waals surface area contributed by atoms with Crippen LogP contribution in [0.3, 0.4) is 0 Å². The van der Waals surface area contributed by atoms with Gasteiger partial charge in [0, 0.05) is 6.07 Å². The van der Waals surface area contributed by atoms with Gasteiger partial charge in [-0.25, -0.2) is 4.79 Å². The summed E-state index contributed by atoms with van der Waals surface area (Å²) in [5.41, 5.74) is -0.227. The van der Waals surface area contributed by atoms with Crippen molar-refractivity contribution in [3.8, 4) is 0 Å². The van der Waals surface area contributed by atoms with Crippen LogP contribution in [0.25, 0.3) is 0 Å². The van der Waals surface area contributed by atoms with Gasteiger partial charge < -0.3 is 5.11 Å². The second-order valence-corrected chi connectivity index (χ2v) is 3.28. The molecule has 13 heavy (non-hydrogen) atoms. The standard InChI is InChI=1S/C7H4INO4/c8-6-4(7(10)11)2-1-3-5(6)9(12)13/h1-3H,(H,10,11). The third kappa shape index (κ3) is 1.94. The van der Waals surface area contributed by atoms with Crippen molar-refractivity contribution in [2.75, 3.05) is 0 Å². The Hall–Kier alpha value is -1.18. The number of carboxylic acid groups (broad SMARTS) is 1. The first-order valence-electron chi connectivity index (χ1n) is 3.20. The van der Waals surface area contributed by atoms with E-state index in [1.165, 1.54) is 18.2 Å². The molecule has 0 atom stereocenters. The van der Waals surface area contributed by atoms with Gasteiger partial charge in [-0.3, -0.25) is 10.1 Å². The van der Waals surface area contributed by atoms with Gasteiger partial charge in [0.05, 0.1) is 10.5 Å². The Kier molecular flexibility index (Phi) is 2.81. The summed E-state index contributed by atoms with van der Waals surface area (Å²) in [7, 11) is 0. The van der Waals surface area contributed by atoms with E-state index in [0.717, 1.165) is 0 Å². The van der Waals surface area contributed by atoms with Gasteiger partial charge in [-0.15, -0.1) is 0 Å². The quantitative estimate of drug-likeness (QED) is 0.513. The molecule has 1 aromatic rings. The predicted octanol–water partition coefficient (Wildman–Crippen LogP) is 1.90. The van der Waals surface area contributed by atoms with Gasteiger partial charge in [-0.1, -0.05) is 6.07 Å². The first kappa shape index (κ1) is 9.90. The van der Waals surface area contributed by atoms with Crippen molar-refractivity contribution in [3.05, 3.63) is 37.4 Å². The van der Waals surface area contributed by atoms with Crippen LogP contribution in [-0.2, 0) is 0 Å². The average Bonchev–Trinajstić information content (AvgIpc) is 2.03. The number of hydrogen-bond donors (Lipinski definition) is 1. The van der Waals surface area contributed by atoms with Crippen molar-refractivity contribution in [2.45, 2.75) is 0 Å². The fraction of sp³-hybridized carbons (Fsp3) is 0. The zero-order valence-electron chi connectivity index (χ0n) is 6.23. The largest absolute Gasteiger partial charge is 0.478 e. The summed E-state index contributed by atoms with van der Waals surface area (Å²) < 4.78 is 0.151. The number of carbonyl (C=O) groups is 1. The normalized spacial score (nSPS) is 9.62. The summed E-state index contributed by atoms with van der Waals surface area (Å²) in [6.45, 7) is 0. The third-order valence-corrected chi connectivity index (χ3v) is 2.54. The zero-order chi connectivity index (χ0) is 10.0. The molecule has 1 aromatic carbocycles. The maximum Gasteiger partial charge on any atom is 0.337 e. The third-order valence-electron chi connectivity index (χ3n) is 1.41. The second-order valence-electron chi connectivity index (χ2n) is 2.20. The van der Waals surface area contributed by atoms with Crippen LogP contribution in [0.15, 0.2) is 18.2 Å². The summed E-state index contributed by atoms with van der Waals surface area (Å²) in [6, 6.07) is 3.95. The molecule has 0 heterocycles. The molecule has 0 aromatic heterocycles. The van der Waals surface area contributed by atoms with E-state index < -0.39 is 10.9 Å². The highest BCUT2D eigenvalue weighted by Gasteiger charge is 2.18. The Bertz CT molecular complexity index is 345. The molecule has 0 saturated carbocycles. The maximum absolute atomic E-state index is 10.6. The molecule has 0 saturated heterocycles. The number of hydrogen-bond acceptors (Lipinski definition) is 3. The van der Waals surface area contributed by atoms with Gasteiger partial charge in [0.15, 0.2) is 0 Å². The van der Waals surface area contributed by atoms with Crippen molar-refractivity contribution in [1.82, 2.24) is 0 Å². The number of aromatic carboxylic acids is 1. The molecule has 0 radical (unpaired) electrons. The van der Waals surface area contributed by atoms with E-state index in [4.69, 9.17) is 5.11 Å². The highest BCUT2D eigenvalue weighted by molar-refractivity contribution is 14.1. The van der Waals surface area contributed by atoms with Gasteiger partial charge in [-0.2, -0.15) is 0 Å². The minimum atomic E-state index is -1.16. The summed E-state index contributed by atoms with van der Waals surface area (Å²) in [6.07, 6.45) is 0. The fourth-order valence-corrected chi connectivity index (χ4v) is 1.61. The van der Waals surface area contributed by atoms with E-state index in [1.807, 2.05) is 0 Å². The molecular weight excluding hydrogens is 289 g/mol. The Morgan fingerprint density at radius 1 is 1.54 bits per heavy atom. The SMILES string of the molecule is O=C(O)c1cccc([N+](=O)[O-])c1I. The van der Waals surface area contributed by atoms with Crippen LogP contribution in [-0.4, -0.2) is 16.0 Å². The molecule has 1 N–H and O–H groups in total. The highest BCUT2D eigenvalue weighted by Crippen LogP contribution is 2.23. The molecule has 1 rings (SSSR count). The smallest absolute Gasteiger partial charge is 0.337 e. The first-order chi connectivity index (χ1) is 6.04. The van der Waals surface area contributed by atoms with Crippen LogP contribution in [0.2, 0.25) is 0 Å². The average molecular weight is 293 g/mol. The van der Waals surface area contributed by atoms with Crippen molar-refractivity contribution < 1.29 is 14.8 Å². The van der Waals surface area contributed by atoms with E-state index in [1.54, 1.807) is 22.6 Å². The van der Waals surface area contributed by atoms with E-state index in [0.29, 0.717) is 0 Å². The molecule has 0 aliphatic heterocycles. The predicted molar refractivity (Wildman–Crippen MR) is 52.8 cm³/mol. The van der Waals surface area contributed by atoms with Gasteiger partial charge in [0.2, 0.25) is 0 Å². The highest BCUT2D eigenvalue weighted by atomic mass is 127. The minimum Gasteiger partial charge on any atom is -0.478 e. The molecule has 0 spiro atoms. The molecule has 68 valence electrons. The van der Waals surface area contributed by atoms with Gasteiger partial charge in [0.25, 0.3) is 5.69 Å². The summed E-state index contributed by atoms with van der Waals surface area (Å²) in [4.78, 5) is 20.4. The molecule has 0 unspecified atom stereocenters. The maximum atomic E-state index is 10.6. The van der Waals surface area contributed by atoms with Crippen LogP contribution < -0.4 is 0 Å². The molecular formula is C7H4INO4. The van der Waals surface area contributed by atoms with E-state index >= 15 is 0 Å². The Morgan fingerprint density at radius 3 is 2.62 bits per heavy atom.